The molecule has 0 bridgehead atoms. The first-order valence-corrected chi connectivity index (χ1v) is 7.78. The monoisotopic (exact) mass is 298 g/mol. The minimum atomic E-state index is -0.810. The Kier molecular flexibility index (Phi) is 8.73. The van der Waals surface area contributed by atoms with E-state index in [0.717, 1.165) is 0 Å². The van der Waals surface area contributed by atoms with Crippen LogP contribution in [0.4, 0.5) is 4.79 Å². The predicted molar refractivity (Wildman–Crippen MR) is 72.1 cm³/mol. The van der Waals surface area contributed by atoms with Gasteiger partial charge in [0.2, 0.25) is 0 Å². The summed E-state index contributed by atoms with van der Waals surface area (Å²) in [5.74, 6) is 1.22. The van der Waals surface area contributed by atoms with E-state index in [1.54, 1.807) is 20.8 Å². The van der Waals surface area contributed by atoms with Gasteiger partial charge in [-0.25, -0.2) is 4.79 Å². The molecule has 0 aromatic carbocycles. The quantitative estimate of drug-likeness (QED) is 0.317. The molecule has 0 heterocycles. The molecule has 0 aliphatic carbocycles. The second-order valence-corrected chi connectivity index (χ2v) is 6.83. The van der Waals surface area contributed by atoms with Gasteiger partial charge in [-0.1, -0.05) is 21.6 Å². The van der Waals surface area contributed by atoms with Crippen molar-refractivity contribution in [3.05, 3.63) is 10.1 Å². The second kappa shape index (κ2) is 9.15. The molecule has 0 spiro atoms. The summed E-state index contributed by atoms with van der Waals surface area (Å²) in [6.07, 6.45) is -0.440. The molecule has 106 valence electrons. The van der Waals surface area contributed by atoms with E-state index in [2.05, 4.69) is 10.2 Å². The third-order valence-electron chi connectivity index (χ3n) is 1.30. The van der Waals surface area contributed by atoms with Crippen LogP contribution in [0, 0.1) is 10.1 Å². The van der Waals surface area contributed by atoms with Gasteiger partial charge >= 0.3 is 6.09 Å². The van der Waals surface area contributed by atoms with Gasteiger partial charge in [-0.15, -0.1) is 10.1 Å². The van der Waals surface area contributed by atoms with Crippen molar-refractivity contribution in [1.29, 1.82) is 0 Å². The maximum absolute atomic E-state index is 11.2. The predicted octanol–water partition coefficient (Wildman–Crippen LogP) is 2.10. The highest BCUT2D eigenvalue weighted by molar-refractivity contribution is 8.76. The number of alkyl carbamates (subject to hydrolysis) is 1. The number of hydrogen-bond donors (Lipinski definition) is 1. The van der Waals surface area contributed by atoms with Crippen molar-refractivity contribution in [2.24, 2.45) is 0 Å². The Bertz CT molecular complexity index is 270. The molecule has 18 heavy (non-hydrogen) atoms. The van der Waals surface area contributed by atoms with Crippen molar-refractivity contribution in [2.75, 3.05) is 24.7 Å². The zero-order chi connectivity index (χ0) is 14.0. The lowest BCUT2D eigenvalue weighted by molar-refractivity contribution is -0.756. The number of hydrogen-bond acceptors (Lipinski definition) is 7. The summed E-state index contributed by atoms with van der Waals surface area (Å²) in [5, 5.41) is 11.6. The highest BCUT2D eigenvalue weighted by Crippen LogP contribution is 2.19. The molecule has 0 fully saturated rings. The van der Waals surface area contributed by atoms with Crippen LogP contribution < -0.4 is 5.32 Å². The number of carbonyl (C=O) groups excluding carboxylic acids is 1. The average Bonchev–Trinajstić information content (AvgIpc) is 2.18. The number of amides is 1. The molecule has 1 N–H and O–H groups in total. The average molecular weight is 298 g/mol. The van der Waals surface area contributed by atoms with Gasteiger partial charge in [0.1, 0.15) is 12.2 Å². The molecule has 9 heteroatoms. The summed E-state index contributed by atoms with van der Waals surface area (Å²) in [4.78, 5) is 25.2. The Balaban J connectivity index is 3.30. The number of nitrogens with one attached hydrogen (secondary N) is 1. The van der Waals surface area contributed by atoms with Crippen LogP contribution in [0.15, 0.2) is 0 Å². The zero-order valence-electron chi connectivity index (χ0n) is 10.6. The van der Waals surface area contributed by atoms with E-state index in [9.17, 15) is 14.9 Å². The molecule has 0 atom stereocenters. The van der Waals surface area contributed by atoms with Crippen LogP contribution in [0.2, 0.25) is 0 Å². The van der Waals surface area contributed by atoms with Gasteiger partial charge in [0, 0.05) is 18.1 Å². The fraction of sp³-hybridized carbons (Fsp3) is 0.889. The fourth-order valence-corrected chi connectivity index (χ4v) is 2.50. The van der Waals surface area contributed by atoms with Crippen molar-refractivity contribution < 1.29 is 19.5 Å². The van der Waals surface area contributed by atoms with E-state index < -0.39 is 16.8 Å². The fourth-order valence-electron chi connectivity index (χ4n) is 0.773. The van der Waals surface area contributed by atoms with Crippen molar-refractivity contribution in [1.82, 2.24) is 5.32 Å². The molecule has 0 rings (SSSR count). The highest BCUT2D eigenvalue weighted by Gasteiger charge is 2.15. The van der Waals surface area contributed by atoms with Gasteiger partial charge in [0.25, 0.3) is 5.09 Å². The van der Waals surface area contributed by atoms with E-state index in [1.165, 1.54) is 21.6 Å². The van der Waals surface area contributed by atoms with E-state index in [-0.39, 0.29) is 6.61 Å². The Morgan fingerprint density at radius 1 is 1.33 bits per heavy atom. The van der Waals surface area contributed by atoms with E-state index in [4.69, 9.17) is 4.74 Å². The van der Waals surface area contributed by atoms with Gasteiger partial charge in [0.05, 0.1) is 0 Å². The Labute approximate surface area is 114 Å². The Morgan fingerprint density at radius 3 is 2.50 bits per heavy atom. The lowest BCUT2D eigenvalue weighted by atomic mass is 10.2. The molecule has 0 unspecified atom stereocenters. The molecule has 0 radical (unpaired) electrons. The highest BCUT2D eigenvalue weighted by atomic mass is 33.1. The lowest BCUT2D eigenvalue weighted by Gasteiger charge is -2.19. The molecule has 0 aromatic rings. The maximum atomic E-state index is 11.2. The molecule has 0 aliphatic heterocycles. The summed E-state index contributed by atoms with van der Waals surface area (Å²) >= 11 is 0. The standard InChI is InChI=1S/C9H18N2O5S2/c1-9(2,3)16-8(12)10-4-6-17-18-7-5-15-11(13)14/h4-7H2,1-3H3,(H,10,12). The van der Waals surface area contributed by atoms with Crippen LogP contribution in [-0.4, -0.2) is 41.4 Å². The van der Waals surface area contributed by atoms with E-state index in [0.29, 0.717) is 18.1 Å². The second-order valence-electron chi connectivity index (χ2n) is 4.13. The molecule has 0 saturated carbocycles. The van der Waals surface area contributed by atoms with E-state index >= 15 is 0 Å². The minimum Gasteiger partial charge on any atom is -0.444 e. The molecule has 1 amide bonds. The summed E-state index contributed by atoms with van der Waals surface area (Å²) in [5.41, 5.74) is -0.494. The van der Waals surface area contributed by atoms with Crippen molar-refractivity contribution in [3.8, 4) is 0 Å². The summed E-state index contributed by atoms with van der Waals surface area (Å²) in [7, 11) is 2.96. The maximum Gasteiger partial charge on any atom is 0.407 e. The van der Waals surface area contributed by atoms with Gasteiger partial charge in [-0.2, -0.15) is 0 Å². The van der Waals surface area contributed by atoms with Crippen LogP contribution >= 0.6 is 21.6 Å². The van der Waals surface area contributed by atoms with Gasteiger partial charge in [-0.3, -0.25) is 0 Å². The number of carbonyl (C=O) groups is 1. The van der Waals surface area contributed by atoms with Crippen LogP contribution in [0.25, 0.3) is 0 Å². The normalized spacial score (nSPS) is 10.8. The largest absolute Gasteiger partial charge is 0.444 e. The minimum absolute atomic E-state index is 0.0736. The van der Waals surface area contributed by atoms with Crippen molar-refractivity contribution >= 4 is 27.7 Å². The van der Waals surface area contributed by atoms with Gasteiger partial charge < -0.3 is 14.9 Å². The summed E-state index contributed by atoms with van der Waals surface area (Å²) in [6, 6.07) is 0. The first kappa shape index (κ1) is 17.2. The molecular formula is C9H18N2O5S2. The molecule has 0 saturated heterocycles. The van der Waals surface area contributed by atoms with Crippen molar-refractivity contribution in [2.45, 2.75) is 26.4 Å². The summed E-state index contributed by atoms with van der Waals surface area (Å²) < 4.78 is 5.05. The van der Waals surface area contributed by atoms with Crippen LogP contribution in [0.5, 0.6) is 0 Å². The SMILES string of the molecule is CC(C)(C)OC(=O)NCCSSCCO[N+](=O)[O-]. The topological polar surface area (TPSA) is 90.7 Å². The Morgan fingerprint density at radius 2 is 1.94 bits per heavy atom. The number of ether oxygens (including phenoxy) is 1. The molecular weight excluding hydrogens is 280 g/mol. The van der Waals surface area contributed by atoms with Crippen molar-refractivity contribution in [3.63, 3.8) is 0 Å². The molecule has 7 nitrogen and oxygen atoms in total. The number of rotatable bonds is 8. The molecule has 0 aliphatic rings. The molecule has 0 aromatic heterocycles. The summed E-state index contributed by atoms with van der Waals surface area (Å²) in [6.45, 7) is 5.96. The van der Waals surface area contributed by atoms with Gasteiger partial charge in [-0.05, 0) is 20.8 Å². The zero-order valence-corrected chi connectivity index (χ0v) is 12.3. The van der Waals surface area contributed by atoms with Crippen LogP contribution in [-0.2, 0) is 9.57 Å². The van der Waals surface area contributed by atoms with Crippen LogP contribution in [0.3, 0.4) is 0 Å². The first-order valence-electron chi connectivity index (χ1n) is 5.30. The van der Waals surface area contributed by atoms with E-state index in [1.807, 2.05) is 0 Å². The first-order chi connectivity index (χ1) is 8.31. The van der Waals surface area contributed by atoms with Gasteiger partial charge in [0.15, 0.2) is 0 Å². The smallest absolute Gasteiger partial charge is 0.407 e. The third-order valence-corrected chi connectivity index (χ3v) is 3.67. The van der Waals surface area contributed by atoms with Crippen LogP contribution in [0.1, 0.15) is 20.8 Å². The Hall–Kier alpha value is -0.830. The third kappa shape index (κ3) is 13.2. The lowest BCUT2D eigenvalue weighted by Crippen LogP contribution is -2.33. The number of nitrogens with zero attached hydrogens (tertiary/aromatic N) is 1.